The molecule has 0 bridgehead atoms. The molecule has 1 aromatic heterocycles. The molecule has 11 heteroatoms. The summed E-state index contributed by atoms with van der Waals surface area (Å²) in [6.45, 7) is 4.43. The highest BCUT2D eigenvalue weighted by Crippen LogP contribution is 2.24. The predicted octanol–water partition coefficient (Wildman–Crippen LogP) is 1.11. The Labute approximate surface area is 198 Å². The Kier molecular flexibility index (Phi) is 8.65. The van der Waals surface area contributed by atoms with Crippen molar-refractivity contribution in [2.45, 2.75) is 56.6 Å². The Morgan fingerprint density at radius 3 is 2.26 bits per heavy atom. The number of ether oxygens (including phenoxy) is 1. The highest BCUT2D eigenvalue weighted by molar-refractivity contribution is 7.92. The van der Waals surface area contributed by atoms with Gasteiger partial charge in [0, 0.05) is 31.5 Å². The fourth-order valence-electron chi connectivity index (χ4n) is 3.18. The second-order valence-corrected chi connectivity index (χ2v) is 11.4. The molecule has 2 rings (SSSR count). The van der Waals surface area contributed by atoms with Crippen LogP contribution in [0.1, 0.15) is 33.6 Å². The standard InChI is InChI=1S/C23H32N2O8S/c1-22(2,29)19(26)10-14-33-18-7-5-16(6-8-18)17-9-12-25(20(27)15-17)13-11-23(3,21(28)24-30)34(4,31)32/h5-9,12,15,19,26,29-30H,10-11,13-14H2,1-4H3,(H,24,28)/t19?,23-/m1/s1. The summed E-state index contributed by atoms with van der Waals surface area (Å²) in [5.41, 5.74) is 1.20. The van der Waals surface area contributed by atoms with Gasteiger partial charge in [0.15, 0.2) is 14.6 Å². The van der Waals surface area contributed by atoms with Crippen molar-refractivity contribution in [3.63, 3.8) is 0 Å². The number of carbonyl (C=O) groups is 1. The Balaban J connectivity index is 2.07. The third-order valence-corrected chi connectivity index (χ3v) is 7.92. The van der Waals surface area contributed by atoms with Crippen LogP contribution in [0.4, 0.5) is 0 Å². The van der Waals surface area contributed by atoms with Gasteiger partial charge in [-0.1, -0.05) is 12.1 Å². The van der Waals surface area contributed by atoms with Gasteiger partial charge in [0.05, 0.1) is 18.3 Å². The summed E-state index contributed by atoms with van der Waals surface area (Å²) < 4.78 is 29.1. The van der Waals surface area contributed by atoms with Crippen molar-refractivity contribution in [3.05, 3.63) is 52.9 Å². The van der Waals surface area contributed by atoms with Crippen molar-refractivity contribution in [1.29, 1.82) is 0 Å². The number of rotatable bonds is 11. The van der Waals surface area contributed by atoms with Gasteiger partial charge in [-0.3, -0.25) is 14.8 Å². The quantitative estimate of drug-likeness (QED) is 0.266. The van der Waals surface area contributed by atoms with Crippen LogP contribution in [0.25, 0.3) is 11.1 Å². The van der Waals surface area contributed by atoms with Crippen LogP contribution in [0.2, 0.25) is 0 Å². The lowest BCUT2D eigenvalue weighted by Gasteiger charge is -2.25. The number of carbonyl (C=O) groups excluding carboxylic acids is 1. The lowest BCUT2D eigenvalue weighted by Crippen LogP contribution is -2.49. The third kappa shape index (κ3) is 6.66. The summed E-state index contributed by atoms with van der Waals surface area (Å²) in [6.07, 6.45) is 1.57. The molecule has 188 valence electrons. The molecule has 34 heavy (non-hydrogen) atoms. The average Bonchev–Trinajstić information content (AvgIpc) is 2.76. The number of aliphatic hydroxyl groups is 2. The van der Waals surface area contributed by atoms with Crippen molar-refractivity contribution in [1.82, 2.24) is 10.0 Å². The number of aromatic nitrogens is 1. The number of aryl methyl sites for hydroxylation is 1. The van der Waals surface area contributed by atoms with E-state index < -0.39 is 32.2 Å². The van der Waals surface area contributed by atoms with Crippen LogP contribution >= 0.6 is 0 Å². The minimum atomic E-state index is -3.86. The van der Waals surface area contributed by atoms with Gasteiger partial charge in [0.1, 0.15) is 5.75 Å². The molecule has 2 atom stereocenters. The molecular weight excluding hydrogens is 464 g/mol. The molecule has 1 unspecified atom stereocenters. The van der Waals surface area contributed by atoms with Gasteiger partial charge in [-0.25, -0.2) is 13.9 Å². The minimum absolute atomic E-state index is 0.0423. The normalized spacial score (nSPS) is 14.8. The molecule has 4 N–H and O–H groups in total. The number of nitrogens with zero attached hydrogens (tertiary/aromatic N) is 1. The molecule has 0 spiro atoms. The average molecular weight is 497 g/mol. The molecule has 0 fully saturated rings. The zero-order valence-corrected chi connectivity index (χ0v) is 20.5. The predicted molar refractivity (Wildman–Crippen MR) is 126 cm³/mol. The van der Waals surface area contributed by atoms with Crippen molar-refractivity contribution in [2.75, 3.05) is 12.9 Å². The Hall–Kier alpha value is -2.73. The van der Waals surface area contributed by atoms with Crippen molar-refractivity contribution < 1.29 is 33.4 Å². The number of pyridine rings is 1. The first-order chi connectivity index (χ1) is 15.7. The van der Waals surface area contributed by atoms with E-state index in [2.05, 4.69) is 0 Å². The number of hydrogen-bond donors (Lipinski definition) is 4. The zero-order valence-electron chi connectivity index (χ0n) is 19.7. The second kappa shape index (κ2) is 10.7. The molecule has 0 radical (unpaired) electrons. The molecule has 0 aliphatic heterocycles. The van der Waals surface area contributed by atoms with Gasteiger partial charge in [0.2, 0.25) is 0 Å². The molecule has 10 nitrogen and oxygen atoms in total. The van der Waals surface area contributed by atoms with E-state index in [0.717, 1.165) is 11.8 Å². The van der Waals surface area contributed by atoms with E-state index in [1.54, 1.807) is 30.3 Å². The van der Waals surface area contributed by atoms with E-state index in [-0.39, 0.29) is 31.6 Å². The smallest absolute Gasteiger partial charge is 0.264 e. The number of aliphatic hydroxyl groups excluding tert-OH is 1. The fourth-order valence-corrected chi connectivity index (χ4v) is 4.02. The van der Waals surface area contributed by atoms with Crippen LogP contribution < -0.4 is 15.8 Å². The van der Waals surface area contributed by atoms with E-state index in [1.165, 1.54) is 43.1 Å². The van der Waals surface area contributed by atoms with E-state index in [1.807, 2.05) is 0 Å². The highest BCUT2D eigenvalue weighted by atomic mass is 32.2. The Morgan fingerprint density at radius 2 is 1.76 bits per heavy atom. The van der Waals surface area contributed by atoms with E-state index in [0.29, 0.717) is 11.3 Å². The molecule has 0 saturated carbocycles. The SMILES string of the molecule is CC(C)(O)C(O)CCOc1ccc(-c2ccn(CC[C@](C)(C(=O)NO)S(C)(=O)=O)c(=O)c2)cc1. The van der Waals surface area contributed by atoms with Crippen LogP contribution in [-0.4, -0.2) is 63.6 Å². The third-order valence-electron chi connectivity index (χ3n) is 5.89. The Morgan fingerprint density at radius 1 is 1.15 bits per heavy atom. The Bertz CT molecular complexity index is 1150. The maximum atomic E-state index is 12.6. The molecule has 0 aliphatic carbocycles. The van der Waals surface area contributed by atoms with Crippen LogP contribution in [0.5, 0.6) is 5.75 Å². The molecule has 0 aliphatic rings. The van der Waals surface area contributed by atoms with Crippen LogP contribution in [0.15, 0.2) is 47.4 Å². The summed E-state index contributed by atoms with van der Waals surface area (Å²) in [4.78, 5) is 24.5. The first kappa shape index (κ1) is 27.5. The molecule has 1 amide bonds. The van der Waals surface area contributed by atoms with E-state index in [9.17, 15) is 28.2 Å². The van der Waals surface area contributed by atoms with Crippen molar-refractivity contribution in [3.8, 4) is 16.9 Å². The zero-order chi connectivity index (χ0) is 25.7. The minimum Gasteiger partial charge on any atom is -0.493 e. The number of hydrogen-bond acceptors (Lipinski definition) is 8. The van der Waals surface area contributed by atoms with E-state index >= 15 is 0 Å². The maximum Gasteiger partial charge on any atom is 0.264 e. The summed E-state index contributed by atoms with van der Waals surface area (Å²) >= 11 is 0. The number of sulfone groups is 1. The summed E-state index contributed by atoms with van der Waals surface area (Å²) in [5.74, 6) is -0.487. The van der Waals surface area contributed by atoms with E-state index in [4.69, 9.17) is 9.94 Å². The second-order valence-electron chi connectivity index (χ2n) is 8.97. The van der Waals surface area contributed by atoms with Gasteiger partial charge < -0.3 is 19.5 Å². The van der Waals surface area contributed by atoms with Gasteiger partial charge in [-0.2, -0.15) is 0 Å². The first-order valence-electron chi connectivity index (χ1n) is 10.7. The largest absolute Gasteiger partial charge is 0.493 e. The fraction of sp³-hybridized carbons (Fsp3) is 0.478. The monoisotopic (exact) mass is 496 g/mol. The van der Waals surface area contributed by atoms with Crippen LogP contribution in [0.3, 0.4) is 0 Å². The van der Waals surface area contributed by atoms with Crippen LogP contribution in [-0.2, 0) is 21.2 Å². The summed E-state index contributed by atoms with van der Waals surface area (Å²) in [7, 11) is -3.86. The van der Waals surface area contributed by atoms with Crippen LogP contribution in [0, 0.1) is 0 Å². The lowest BCUT2D eigenvalue weighted by atomic mass is 10.00. The number of nitrogens with one attached hydrogen (secondary N) is 1. The molecule has 1 heterocycles. The van der Waals surface area contributed by atoms with Gasteiger partial charge in [0.25, 0.3) is 11.5 Å². The number of benzene rings is 1. The molecule has 0 saturated heterocycles. The first-order valence-corrected chi connectivity index (χ1v) is 12.6. The summed E-state index contributed by atoms with van der Waals surface area (Å²) in [6, 6.07) is 10.1. The van der Waals surface area contributed by atoms with Gasteiger partial charge in [-0.15, -0.1) is 0 Å². The molecule has 2 aromatic rings. The molecular formula is C23H32N2O8S. The summed E-state index contributed by atoms with van der Waals surface area (Å²) in [5, 5.41) is 28.5. The van der Waals surface area contributed by atoms with Gasteiger partial charge >= 0.3 is 0 Å². The van der Waals surface area contributed by atoms with Crippen molar-refractivity contribution >= 4 is 15.7 Å². The lowest BCUT2D eigenvalue weighted by molar-refractivity contribution is -0.131. The number of amides is 1. The number of hydroxylamine groups is 1. The highest BCUT2D eigenvalue weighted by Gasteiger charge is 2.43. The maximum absolute atomic E-state index is 12.6. The topological polar surface area (TPSA) is 155 Å². The molecule has 1 aromatic carbocycles. The van der Waals surface area contributed by atoms with Gasteiger partial charge in [-0.05, 0) is 56.5 Å². The van der Waals surface area contributed by atoms with Crippen molar-refractivity contribution in [2.24, 2.45) is 0 Å².